The molecule has 2 N–H and O–H groups in total. The van der Waals surface area contributed by atoms with Gasteiger partial charge in [0.1, 0.15) is 5.82 Å². The molecule has 5 rings (SSSR count). The van der Waals surface area contributed by atoms with Crippen LogP contribution in [-0.2, 0) is 6.54 Å². The van der Waals surface area contributed by atoms with Gasteiger partial charge in [0.15, 0.2) is 0 Å². The van der Waals surface area contributed by atoms with Gasteiger partial charge in [0.2, 0.25) is 0 Å². The zero-order valence-electron chi connectivity index (χ0n) is 14.5. The molecule has 0 radical (unpaired) electrons. The van der Waals surface area contributed by atoms with Gasteiger partial charge in [0.25, 0.3) is 5.56 Å². The fourth-order valence-corrected chi connectivity index (χ4v) is 5.24. The van der Waals surface area contributed by atoms with E-state index in [0.29, 0.717) is 28.8 Å². The van der Waals surface area contributed by atoms with E-state index < -0.39 is 11.5 Å². The molecule has 1 aliphatic heterocycles. The lowest BCUT2D eigenvalue weighted by Crippen LogP contribution is -2.30. The van der Waals surface area contributed by atoms with Crippen molar-refractivity contribution in [3.63, 3.8) is 0 Å². The molecule has 2 aliphatic rings. The third kappa shape index (κ3) is 2.10. The van der Waals surface area contributed by atoms with Crippen LogP contribution < -0.4 is 16.6 Å². The summed E-state index contributed by atoms with van der Waals surface area (Å²) < 4.78 is 16.3. The smallest absolute Gasteiger partial charge is 0.305 e. The Hall–Kier alpha value is -2.25. The monoisotopic (exact) mass is 371 g/mol. The quantitative estimate of drug-likeness (QED) is 0.727. The Labute approximate surface area is 152 Å². The number of halogens is 1. The van der Waals surface area contributed by atoms with Crippen molar-refractivity contribution in [3.05, 3.63) is 59.8 Å². The van der Waals surface area contributed by atoms with Crippen LogP contribution in [0.25, 0.3) is 16.6 Å². The zero-order chi connectivity index (χ0) is 18.2. The molecule has 0 saturated heterocycles. The standard InChI is InChI=1S/C19H18FN3O2S/c1-8-14(12-7-26-17-9(2)21-5-11(12)17)13(20)6-23-16(8)15(10-3-4-10)18(24)22-19(23)25/h6-7,9-10,21H,3-5H2,1-2H3,(H,22,24,25). The van der Waals surface area contributed by atoms with E-state index in [-0.39, 0.29) is 17.5 Å². The third-order valence-corrected chi connectivity index (χ3v) is 6.76. The van der Waals surface area contributed by atoms with Crippen LogP contribution in [0.4, 0.5) is 4.39 Å². The predicted octanol–water partition coefficient (Wildman–Crippen LogP) is 3.21. The maximum Gasteiger partial charge on any atom is 0.333 e. The SMILES string of the molecule is Cc1c(-c2csc3c2CNC3C)c(F)cn2c(=O)[nH]c(=O)c(C3CC3)c12. The van der Waals surface area contributed by atoms with E-state index in [1.807, 2.05) is 12.3 Å². The minimum Gasteiger partial charge on any atom is -0.305 e. The average Bonchev–Trinajstić information content (AvgIpc) is 3.23. The van der Waals surface area contributed by atoms with E-state index in [9.17, 15) is 9.59 Å². The summed E-state index contributed by atoms with van der Waals surface area (Å²) in [7, 11) is 0. The van der Waals surface area contributed by atoms with Gasteiger partial charge in [-0.05, 0) is 49.1 Å². The predicted molar refractivity (Wildman–Crippen MR) is 99.5 cm³/mol. The van der Waals surface area contributed by atoms with Crippen LogP contribution in [0.15, 0.2) is 21.2 Å². The second kappa shape index (κ2) is 5.37. The maximum absolute atomic E-state index is 15.1. The van der Waals surface area contributed by atoms with E-state index in [1.54, 1.807) is 11.3 Å². The molecule has 7 heteroatoms. The number of H-pyrrole nitrogens is 1. The van der Waals surface area contributed by atoms with Gasteiger partial charge >= 0.3 is 5.69 Å². The van der Waals surface area contributed by atoms with Crippen molar-refractivity contribution in [3.8, 4) is 11.1 Å². The molecule has 5 nitrogen and oxygen atoms in total. The van der Waals surface area contributed by atoms with Gasteiger partial charge in [0, 0.05) is 34.2 Å². The van der Waals surface area contributed by atoms with E-state index in [0.717, 1.165) is 24.0 Å². The van der Waals surface area contributed by atoms with Gasteiger partial charge in [-0.15, -0.1) is 11.3 Å². The van der Waals surface area contributed by atoms with Crippen molar-refractivity contribution in [2.45, 2.75) is 45.2 Å². The van der Waals surface area contributed by atoms with Crippen molar-refractivity contribution in [1.29, 1.82) is 0 Å². The first-order valence-corrected chi connectivity index (χ1v) is 9.67. The van der Waals surface area contributed by atoms with Crippen LogP contribution in [0.2, 0.25) is 0 Å². The number of nitrogens with zero attached hydrogens (tertiary/aromatic N) is 1. The summed E-state index contributed by atoms with van der Waals surface area (Å²) in [6, 6.07) is 0.264. The second-order valence-electron chi connectivity index (χ2n) is 7.24. The Balaban J connectivity index is 1.88. The third-order valence-electron chi connectivity index (χ3n) is 5.55. The van der Waals surface area contributed by atoms with Gasteiger partial charge in [-0.25, -0.2) is 9.18 Å². The molecular weight excluding hydrogens is 353 g/mol. The molecule has 4 heterocycles. The number of aromatic amines is 1. The number of hydrogen-bond acceptors (Lipinski definition) is 4. The summed E-state index contributed by atoms with van der Waals surface area (Å²) in [5.74, 6) is -0.285. The van der Waals surface area contributed by atoms with E-state index >= 15 is 4.39 Å². The van der Waals surface area contributed by atoms with Crippen LogP contribution in [0, 0.1) is 12.7 Å². The zero-order valence-corrected chi connectivity index (χ0v) is 15.3. The van der Waals surface area contributed by atoms with Gasteiger partial charge in [-0.1, -0.05) is 0 Å². The molecule has 0 spiro atoms. The van der Waals surface area contributed by atoms with Crippen molar-refractivity contribution in [2.75, 3.05) is 0 Å². The molecule has 1 unspecified atom stereocenters. The van der Waals surface area contributed by atoms with Crippen LogP contribution >= 0.6 is 11.3 Å². The van der Waals surface area contributed by atoms with E-state index in [4.69, 9.17) is 0 Å². The topological polar surface area (TPSA) is 66.4 Å². The lowest BCUT2D eigenvalue weighted by Gasteiger charge is -2.14. The van der Waals surface area contributed by atoms with Gasteiger partial charge < -0.3 is 5.32 Å². The Kier molecular flexibility index (Phi) is 3.30. The van der Waals surface area contributed by atoms with Crippen molar-refractivity contribution in [2.24, 2.45) is 0 Å². The van der Waals surface area contributed by atoms with Crippen LogP contribution in [-0.4, -0.2) is 9.38 Å². The Morgan fingerprint density at radius 2 is 2.08 bits per heavy atom. The minimum absolute atomic E-state index is 0.154. The lowest BCUT2D eigenvalue weighted by atomic mass is 9.96. The molecule has 1 aliphatic carbocycles. The summed E-state index contributed by atoms with van der Waals surface area (Å²) in [5.41, 5.74) is 3.40. The molecule has 3 aromatic rings. The molecule has 0 aromatic carbocycles. The lowest BCUT2D eigenvalue weighted by molar-refractivity contribution is 0.618. The van der Waals surface area contributed by atoms with E-state index in [1.165, 1.54) is 15.5 Å². The first kappa shape index (κ1) is 16.0. The molecule has 1 fully saturated rings. The number of aryl methyl sites for hydroxylation is 1. The van der Waals surface area contributed by atoms with Crippen molar-refractivity contribution in [1.82, 2.24) is 14.7 Å². The number of thiophene rings is 1. The highest BCUT2D eigenvalue weighted by atomic mass is 32.1. The molecular formula is C19H18FN3O2S. The Morgan fingerprint density at radius 1 is 1.31 bits per heavy atom. The second-order valence-corrected chi connectivity index (χ2v) is 8.15. The average molecular weight is 371 g/mol. The number of nitrogens with one attached hydrogen (secondary N) is 2. The van der Waals surface area contributed by atoms with Gasteiger partial charge in [-0.2, -0.15) is 0 Å². The molecule has 3 aromatic heterocycles. The number of hydrogen-bond donors (Lipinski definition) is 2. The van der Waals surface area contributed by atoms with Gasteiger partial charge in [-0.3, -0.25) is 14.2 Å². The summed E-state index contributed by atoms with van der Waals surface area (Å²) in [6.45, 7) is 4.62. The molecule has 1 saturated carbocycles. The highest BCUT2D eigenvalue weighted by Gasteiger charge is 2.32. The van der Waals surface area contributed by atoms with E-state index in [2.05, 4.69) is 17.2 Å². The Bertz CT molecular complexity index is 1190. The number of fused-ring (bicyclic) bond motifs is 2. The molecule has 0 bridgehead atoms. The maximum atomic E-state index is 15.1. The molecule has 134 valence electrons. The Morgan fingerprint density at radius 3 is 2.81 bits per heavy atom. The number of rotatable bonds is 2. The fourth-order valence-electron chi connectivity index (χ4n) is 4.13. The van der Waals surface area contributed by atoms with Crippen LogP contribution in [0.1, 0.15) is 53.3 Å². The van der Waals surface area contributed by atoms with Gasteiger partial charge in [0.05, 0.1) is 11.7 Å². The normalized spacial score (nSPS) is 19.3. The minimum atomic E-state index is -0.589. The largest absolute Gasteiger partial charge is 0.333 e. The molecule has 26 heavy (non-hydrogen) atoms. The summed E-state index contributed by atoms with van der Waals surface area (Å²) in [6.07, 6.45) is 3.08. The van der Waals surface area contributed by atoms with Crippen molar-refractivity contribution >= 4 is 16.9 Å². The van der Waals surface area contributed by atoms with Crippen LogP contribution in [0.5, 0.6) is 0 Å². The summed E-state index contributed by atoms with van der Waals surface area (Å²) in [5, 5.41) is 5.38. The summed E-state index contributed by atoms with van der Waals surface area (Å²) in [4.78, 5) is 28.3. The molecule has 1 atom stereocenters. The van der Waals surface area contributed by atoms with Crippen molar-refractivity contribution < 1.29 is 4.39 Å². The fraction of sp³-hybridized carbons (Fsp3) is 0.368. The summed E-state index contributed by atoms with van der Waals surface area (Å²) >= 11 is 1.63. The first-order chi connectivity index (χ1) is 12.5. The number of pyridine rings is 1. The van der Waals surface area contributed by atoms with Crippen LogP contribution in [0.3, 0.4) is 0 Å². The highest BCUT2D eigenvalue weighted by Crippen LogP contribution is 2.44. The number of aromatic nitrogens is 2. The first-order valence-electron chi connectivity index (χ1n) is 8.79. The highest BCUT2D eigenvalue weighted by molar-refractivity contribution is 7.10. The molecule has 0 amide bonds.